The summed E-state index contributed by atoms with van der Waals surface area (Å²) in [5, 5.41) is 37.1. The van der Waals surface area contributed by atoms with Crippen molar-refractivity contribution in [2.24, 2.45) is 0 Å². The maximum atomic E-state index is 12.2. The lowest BCUT2D eigenvalue weighted by atomic mass is 10.1. The number of nitrogens with one attached hydrogen (secondary N) is 3. The number of aliphatic hydroxyl groups is 1. The van der Waals surface area contributed by atoms with Crippen molar-refractivity contribution in [2.75, 3.05) is 17.4 Å². The Bertz CT molecular complexity index is 1510. The fourth-order valence-corrected chi connectivity index (χ4v) is 5.02. The Morgan fingerprint density at radius 2 is 1.69 bits per heavy atom. The summed E-state index contributed by atoms with van der Waals surface area (Å²) in [5.74, 6) is 0.859. The number of ether oxygens (including phenoxy) is 2. The average Bonchev–Trinajstić information content (AvgIpc) is 3.42. The molecule has 2 heterocycles. The van der Waals surface area contributed by atoms with E-state index in [1.54, 1.807) is 39.0 Å². The number of benzene rings is 2. The Kier molecular flexibility index (Phi) is 12.2. The highest BCUT2D eigenvalue weighted by Gasteiger charge is 2.16. The molecule has 2 amide bonds. The molecule has 45 heavy (non-hydrogen) atoms. The Morgan fingerprint density at radius 1 is 0.911 bits per heavy atom. The number of aromatic nitrogens is 4. The number of hydrogen-bond donors (Lipinski definition) is 4. The molecule has 4 N–H and O–H groups in total. The summed E-state index contributed by atoms with van der Waals surface area (Å²) in [6.45, 7) is 5.32. The molecule has 0 spiro atoms. The predicted molar refractivity (Wildman–Crippen MR) is 172 cm³/mol. The van der Waals surface area contributed by atoms with Crippen molar-refractivity contribution in [1.29, 1.82) is 0 Å². The van der Waals surface area contributed by atoms with Gasteiger partial charge in [-0.25, -0.2) is 4.79 Å². The molecule has 0 saturated carbocycles. The van der Waals surface area contributed by atoms with Gasteiger partial charge in [0.25, 0.3) is 0 Å². The predicted octanol–water partition coefficient (Wildman–Crippen LogP) is 4.91. The molecule has 0 aliphatic carbocycles. The van der Waals surface area contributed by atoms with Gasteiger partial charge in [-0.3, -0.25) is 10.1 Å². The second kappa shape index (κ2) is 16.5. The second-order valence-corrected chi connectivity index (χ2v) is 12.4. The Balaban J connectivity index is 1.12. The van der Waals surface area contributed by atoms with E-state index < -0.39 is 17.9 Å². The van der Waals surface area contributed by atoms with Gasteiger partial charge >= 0.3 is 6.09 Å². The molecule has 0 bridgehead atoms. The Morgan fingerprint density at radius 3 is 2.44 bits per heavy atom. The zero-order valence-corrected chi connectivity index (χ0v) is 26.5. The van der Waals surface area contributed by atoms with E-state index >= 15 is 0 Å². The average molecular weight is 634 g/mol. The minimum Gasteiger partial charge on any atom is -0.473 e. The fraction of sp³-hybridized carbons (Fsp3) is 0.375. The molecule has 4 aromatic rings. The number of carbonyl (C=O) groups excluding carboxylic acids is 2. The lowest BCUT2D eigenvalue weighted by molar-refractivity contribution is -0.115. The number of amides is 2. The molecular weight excluding hydrogens is 594 g/mol. The van der Waals surface area contributed by atoms with Crippen LogP contribution in [-0.2, 0) is 35.2 Å². The van der Waals surface area contributed by atoms with Crippen LogP contribution in [0, 0.1) is 0 Å². The molecule has 1 atom stereocenters. The van der Waals surface area contributed by atoms with E-state index in [9.17, 15) is 14.7 Å². The standard InChI is InChI=1S/C32H39N7O5S/c1-32(2,3)44-31(42)33-21-43-25-14-9-12-23(18-25)20-28(41)35-30-39-38-29(45-30)15-8-7-13-24-16-17-26(37-36-24)34-27(40)19-22-10-5-4-6-11-22/h4-6,9-12,14,16-18,28,41H,7-8,13,15,19-21H2,1-3H3,(H,33,42)(H,35,39)(H,34,37,40). The number of unbranched alkanes of at least 4 members (excludes halogenated alkanes) is 1. The highest BCUT2D eigenvalue weighted by molar-refractivity contribution is 7.15. The van der Waals surface area contributed by atoms with E-state index in [-0.39, 0.29) is 19.1 Å². The maximum Gasteiger partial charge on any atom is 0.410 e. The molecule has 2 aromatic carbocycles. The molecule has 12 nitrogen and oxygen atoms in total. The third kappa shape index (κ3) is 12.5. The second-order valence-electron chi connectivity index (χ2n) is 11.3. The molecule has 238 valence electrons. The van der Waals surface area contributed by atoms with E-state index in [2.05, 4.69) is 36.3 Å². The summed E-state index contributed by atoms with van der Waals surface area (Å²) >= 11 is 1.41. The van der Waals surface area contributed by atoms with E-state index in [0.717, 1.165) is 47.5 Å². The van der Waals surface area contributed by atoms with Crippen LogP contribution < -0.4 is 20.7 Å². The lowest BCUT2D eigenvalue weighted by Crippen LogP contribution is -2.34. The van der Waals surface area contributed by atoms with Crippen molar-refractivity contribution < 1.29 is 24.2 Å². The topological polar surface area (TPSA) is 160 Å². The summed E-state index contributed by atoms with van der Waals surface area (Å²) in [4.78, 5) is 24.0. The Labute approximate surface area is 266 Å². The molecule has 1 unspecified atom stereocenters. The number of aryl methyl sites for hydroxylation is 2. The molecule has 2 aromatic heterocycles. The van der Waals surface area contributed by atoms with Crippen LogP contribution >= 0.6 is 11.3 Å². The highest BCUT2D eigenvalue weighted by Crippen LogP contribution is 2.20. The van der Waals surface area contributed by atoms with E-state index in [4.69, 9.17) is 9.47 Å². The minimum atomic E-state index is -0.870. The number of alkyl carbamates (subject to hydrolysis) is 1. The van der Waals surface area contributed by atoms with Crippen molar-refractivity contribution >= 4 is 34.3 Å². The van der Waals surface area contributed by atoms with Crippen LogP contribution in [0.2, 0.25) is 0 Å². The summed E-state index contributed by atoms with van der Waals surface area (Å²) in [5.41, 5.74) is 2.05. The van der Waals surface area contributed by atoms with Crippen molar-refractivity contribution in [3.05, 3.63) is 88.6 Å². The van der Waals surface area contributed by atoms with Gasteiger partial charge in [-0.15, -0.1) is 15.3 Å². The van der Waals surface area contributed by atoms with Crippen LogP contribution in [0.15, 0.2) is 66.7 Å². The number of carbonyl (C=O) groups is 2. The quantitative estimate of drug-likeness (QED) is 0.105. The molecule has 0 radical (unpaired) electrons. The minimum absolute atomic E-state index is 0.0400. The van der Waals surface area contributed by atoms with Gasteiger partial charge in [-0.2, -0.15) is 5.10 Å². The van der Waals surface area contributed by atoms with Gasteiger partial charge in [0, 0.05) is 12.8 Å². The number of nitrogens with zero attached hydrogens (tertiary/aromatic N) is 4. The molecule has 13 heteroatoms. The first kappa shape index (κ1) is 33.3. The van der Waals surface area contributed by atoms with Crippen LogP contribution in [0.25, 0.3) is 0 Å². The summed E-state index contributed by atoms with van der Waals surface area (Å²) in [6, 6.07) is 20.5. The zero-order valence-electron chi connectivity index (χ0n) is 25.7. The van der Waals surface area contributed by atoms with E-state index in [1.165, 1.54) is 11.3 Å². The highest BCUT2D eigenvalue weighted by atomic mass is 32.1. The summed E-state index contributed by atoms with van der Waals surface area (Å²) < 4.78 is 10.8. The molecule has 0 fully saturated rings. The Hall–Kier alpha value is -4.62. The van der Waals surface area contributed by atoms with E-state index in [1.807, 2.05) is 48.5 Å². The van der Waals surface area contributed by atoms with Crippen LogP contribution in [0.3, 0.4) is 0 Å². The van der Waals surface area contributed by atoms with Gasteiger partial charge in [0.2, 0.25) is 11.0 Å². The number of hydrogen-bond acceptors (Lipinski definition) is 11. The SMILES string of the molecule is CC(C)(C)OC(=O)NCOc1cccc(CC(O)Nc2nnc(CCCCc3ccc(NC(=O)Cc4ccccc4)nn3)s2)c1. The number of anilines is 2. The van der Waals surface area contributed by atoms with Crippen molar-refractivity contribution in [3.8, 4) is 5.75 Å². The van der Waals surface area contributed by atoms with Gasteiger partial charge in [0.05, 0.1) is 12.1 Å². The van der Waals surface area contributed by atoms with Gasteiger partial charge < -0.3 is 25.2 Å². The van der Waals surface area contributed by atoms with E-state index in [0.29, 0.717) is 23.1 Å². The molecule has 0 aliphatic heterocycles. The fourth-order valence-electron chi connectivity index (χ4n) is 4.20. The van der Waals surface area contributed by atoms with Crippen molar-refractivity contribution in [3.63, 3.8) is 0 Å². The normalized spacial score (nSPS) is 11.8. The van der Waals surface area contributed by atoms with Gasteiger partial charge in [-0.05, 0) is 75.4 Å². The van der Waals surface area contributed by atoms with Crippen molar-refractivity contribution in [2.45, 2.75) is 71.1 Å². The maximum absolute atomic E-state index is 12.2. The summed E-state index contributed by atoms with van der Waals surface area (Å²) in [7, 11) is 0. The van der Waals surface area contributed by atoms with Crippen LogP contribution in [0.1, 0.15) is 55.4 Å². The lowest BCUT2D eigenvalue weighted by Gasteiger charge is -2.19. The zero-order chi connectivity index (χ0) is 32.1. The van der Waals surface area contributed by atoms with Gasteiger partial charge in [-0.1, -0.05) is 53.8 Å². The van der Waals surface area contributed by atoms with Gasteiger partial charge in [0.15, 0.2) is 12.5 Å². The first-order chi connectivity index (χ1) is 21.6. The number of rotatable bonds is 15. The smallest absolute Gasteiger partial charge is 0.410 e. The summed E-state index contributed by atoms with van der Waals surface area (Å²) in [6.07, 6.45) is 2.48. The third-order valence-corrected chi connectivity index (χ3v) is 7.12. The van der Waals surface area contributed by atoms with Crippen LogP contribution in [0.5, 0.6) is 5.75 Å². The van der Waals surface area contributed by atoms with Crippen molar-refractivity contribution in [1.82, 2.24) is 25.7 Å². The first-order valence-electron chi connectivity index (χ1n) is 14.7. The molecule has 4 rings (SSSR count). The van der Waals surface area contributed by atoms with Crippen LogP contribution in [0.4, 0.5) is 15.7 Å². The third-order valence-electron chi connectivity index (χ3n) is 6.21. The molecular formula is C32H39N7O5S. The largest absolute Gasteiger partial charge is 0.473 e. The monoisotopic (exact) mass is 633 g/mol. The first-order valence-corrected chi connectivity index (χ1v) is 15.5. The van der Waals surface area contributed by atoms with Gasteiger partial charge in [0.1, 0.15) is 22.6 Å². The molecule has 0 aliphatic rings. The van der Waals surface area contributed by atoms with Crippen LogP contribution in [-0.4, -0.2) is 56.1 Å². The number of aliphatic hydroxyl groups excluding tert-OH is 1. The molecule has 0 saturated heterocycles.